The van der Waals surface area contributed by atoms with Crippen LogP contribution >= 0.6 is 0 Å². The van der Waals surface area contributed by atoms with Gasteiger partial charge in [-0.15, -0.1) is 0 Å². The van der Waals surface area contributed by atoms with Crippen molar-refractivity contribution in [3.05, 3.63) is 0 Å². The van der Waals surface area contributed by atoms with Gasteiger partial charge < -0.3 is 4.90 Å². The minimum atomic E-state index is 1.13. The Morgan fingerprint density at radius 1 is 1.11 bits per heavy atom. The van der Waals surface area contributed by atoms with Crippen LogP contribution in [-0.4, -0.2) is 38.8 Å². The molecule has 0 bridgehead atoms. The van der Waals surface area contributed by atoms with Crippen molar-refractivity contribution in [2.45, 2.75) is 13.8 Å². The number of hydrogen-bond donors (Lipinski definition) is 0. The van der Waals surface area contributed by atoms with Gasteiger partial charge in [-0.2, -0.15) is 0 Å². The van der Waals surface area contributed by atoms with Crippen LogP contribution in [0.25, 0.3) is 0 Å². The van der Waals surface area contributed by atoms with Crippen molar-refractivity contribution < 1.29 is 0 Å². The zero-order valence-electron chi connectivity index (χ0n) is 7.39. The van der Waals surface area contributed by atoms with E-state index in [1.165, 1.54) is 0 Å². The first-order valence-electron chi connectivity index (χ1n) is 3.01. The fourth-order valence-electron chi connectivity index (χ4n) is 0. The molecule has 0 atom stereocenters. The Labute approximate surface area is 58.6 Å². The molecule has 0 N–H and O–H groups in total. The Hall–Kier alpha value is -0.370. The van der Waals surface area contributed by atoms with Gasteiger partial charge in [-0.1, -0.05) is 0 Å². The van der Waals surface area contributed by atoms with E-state index in [0.29, 0.717) is 0 Å². The monoisotopic (exact) mass is 130 g/mol. The van der Waals surface area contributed by atoms with Crippen LogP contribution in [-0.2, 0) is 0 Å². The van der Waals surface area contributed by atoms with Crippen LogP contribution in [0.15, 0.2) is 4.99 Å². The molecule has 0 aromatic heterocycles. The van der Waals surface area contributed by atoms with Crippen LogP contribution in [0.1, 0.15) is 13.8 Å². The molecule has 2 heteroatoms. The summed E-state index contributed by atoms with van der Waals surface area (Å²) < 4.78 is 0. The fourth-order valence-corrected chi connectivity index (χ4v) is 0. The van der Waals surface area contributed by atoms with E-state index in [9.17, 15) is 0 Å². The lowest BCUT2D eigenvalue weighted by Gasteiger charge is -1.90. The van der Waals surface area contributed by atoms with Gasteiger partial charge in [0.25, 0.3) is 0 Å². The standard InChI is InChI=1S/C4H9N.C3H9N/c1-4(2)5-3;1-4(2)3/h1-3H3;1-3H3. The molecule has 0 unspecified atom stereocenters. The zero-order valence-corrected chi connectivity index (χ0v) is 7.39. The highest BCUT2D eigenvalue weighted by Crippen LogP contribution is 1.63. The van der Waals surface area contributed by atoms with Gasteiger partial charge in [-0.05, 0) is 35.0 Å². The van der Waals surface area contributed by atoms with E-state index in [1.807, 2.05) is 39.9 Å². The third kappa shape index (κ3) is 91.0. The van der Waals surface area contributed by atoms with Crippen molar-refractivity contribution in [2.75, 3.05) is 28.2 Å². The van der Waals surface area contributed by atoms with E-state index in [-0.39, 0.29) is 0 Å². The van der Waals surface area contributed by atoms with Gasteiger partial charge >= 0.3 is 0 Å². The first-order chi connectivity index (χ1) is 4.00. The average Bonchev–Trinajstić information content (AvgIpc) is 1.65. The van der Waals surface area contributed by atoms with Crippen molar-refractivity contribution in [3.63, 3.8) is 0 Å². The molecule has 2 nitrogen and oxygen atoms in total. The summed E-state index contributed by atoms with van der Waals surface area (Å²) in [6.07, 6.45) is 0. The number of rotatable bonds is 0. The molecule has 0 heterocycles. The van der Waals surface area contributed by atoms with Crippen molar-refractivity contribution in [2.24, 2.45) is 4.99 Å². The summed E-state index contributed by atoms with van der Waals surface area (Å²) in [5.74, 6) is 0. The highest BCUT2D eigenvalue weighted by Gasteiger charge is 1.62. The van der Waals surface area contributed by atoms with Gasteiger partial charge in [0.15, 0.2) is 0 Å². The third-order valence-corrected chi connectivity index (χ3v) is 0.447. The molecule has 0 spiro atoms. The van der Waals surface area contributed by atoms with Gasteiger partial charge in [0.05, 0.1) is 0 Å². The first-order valence-corrected chi connectivity index (χ1v) is 3.01. The molecule has 0 amide bonds. The highest BCUT2D eigenvalue weighted by molar-refractivity contribution is 5.78. The molecule has 0 saturated heterocycles. The smallest absolute Gasteiger partial charge is 0.0276 e. The van der Waals surface area contributed by atoms with E-state index in [2.05, 4.69) is 4.99 Å². The van der Waals surface area contributed by atoms with Crippen LogP contribution < -0.4 is 0 Å². The van der Waals surface area contributed by atoms with Crippen LogP contribution in [0, 0.1) is 0 Å². The van der Waals surface area contributed by atoms with Gasteiger partial charge in [0, 0.05) is 12.8 Å². The quantitative estimate of drug-likeness (QED) is 0.451. The van der Waals surface area contributed by atoms with E-state index < -0.39 is 0 Å². The molecule has 0 aliphatic carbocycles. The summed E-state index contributed by atoms with van der Waals surface area (Å²) >= 11 is 0. The lowest BCUT2D eigenvalue weighted by molar-refractivity contribution is 0.505. The summed E-state index contributed by atoms with van der Waals surface area (Å²) in [6.45, 7) is 3.94. The molecular weight excluding hydrogens is 112 g/mol. The largest absolute Gasteiger partial charge is 0.312 e. The molecular formula is C7H18N2. The molecule has 0 aliphatic rings. The zero-order chi connectivity index (χ0) is 7.86. The van der Waals surface area contributed by atoms with Gasteiger partial charge in [-0.3, -0.25) is 4.99 Å². The summed E-state index contributed by atoms with van der Waals surface area (Å²) in [5, 5.41) is 0. The van der Waals surface area contributed by atoms with Gasteiger partial charge in [0.2, 0.25) is 0 Å². The Kier molecular flexibility index (Phi) is 9.69. The second-order valence-corrected chi connectivity index (χ2v) is 2.51. The summed E-state index contributed by atoms with van der Waals surface area (Å²) in [4.78, 5) is 5.81. The Morgan fingerprint density at radius 2 is 1.22 bits per heavy atom. The average molecular weight is 130 g/mol. The minimum absolute atomic E-state index is 1.13. The Morgan fingerprint density at radius 3 is 1.22 bits per heavy atom. The highest BCUT2D eigenvalue weighted by atomic mass is 15.0. The summed E-state index contributed by atoms with van der Waals surface area (Å²) in [5.41, 5.74) is 1.13. The molecule has 0 saturated carbocycles. The summed E-state index contributed by atoms with van der Waals surface area (Å²) in [6, 6.07) is 0. The van der Waals surface area contributed by atoms with Crippen molar-refractivity contribution in [3.8, 4) is 0 Å². The van der Waals surface area contributed by atoms with E-state index in [0.717, 1.165) is 5.71 Å². The molecule has 0 aromatic carbocycles. The summed E-state index contributed by atoms with van der Waals surface area (Å²) in [7, 11) is 7.79. The molecule has 0 fully saturated rings. The van der Waals surface area contributed by atoms with Crippen molar-refractivity contribution in [1.29, 1.82) is 0 Å². The number of nitrogens with zero attached hydrogens (tertiary/aromatic N) is 2. The van der Waals surface area contributed by atoms with Crippen LogP contribution in [0.3, 0.4) is 0 Å². The third-order valence-electron chi connectivity index (χ3n) is 0.447. The minimum Gasteiger partial charge on any atom is -0.312 e. The maximum Gasteiger partial charge on any atom is 0.0276 e. The predicted octanol–water partition coefficient (Wildman–Crippen LogP) is 1.27. The van der Waals surface area contributed by atoms with Crippen LogP contribution in [0.2, 0.25) is 0 Å². The molecule has 9 heavy (non-hydrogen) atoms. The second kappa shape index (κ2) is 7.63. The van der Waals surface area contributed by atoms with Gasteiger partial charge in [-0.25, -0.2) is 0 Å². The number of hydrogen-bond acceptors (Lipinski definition) is 2. The molecule has 0 radical (unpaired) electrons. The molecule has 56 valence electrons. The molecule has 0 rings (SSSR count). The lowest BCUT2D eigenvalue weighted by Crippen LogP contribution is -1.99. The fraction of sp³-hybridized carbons (Fsp3) is 0.857. The maximum atomic E-state index is 3.81. The maximum absolute atomic E-state index is 3.81. The van der Waals surface area contributed by atoms with Gasteiger partial charge in [0.1, 0.15) is 0 Å². The lowest BCUT2D eigenvalue weighted by atomic mass is 10.5. The van der Waals surface area contributed by atoms with E-state index >= 15 is 0 Å². The van der Waals surface area contributed by atoms with Crippen molar-refractivity contribution in [1.82, 2.24) is 4.90 Å². The SMILES string of the molecule is CN(C)C.CN=C(C)C. The normalized spacial score (nSPS) is 7.89. The predicted molar refractivity (Wildman–Crippen MR) is 44.3 cm³/mol. The molecule has 0 aromatic rings. The number of aliphatic imine (C=N–C) groups is 1. The van der Waals surface area contributed by atoms with E-state index in [1.54, 1.807) is 7.05 Å². The molecule has 0 aliphatic heterocycles. The topological polar surface area (TPSA) is 15.6 Å². The second-order valence-electron chi connectivity index (χ2n) is 2.51. The first kappa shape index (κ1) is 11.4. The Bertz CT molecular complexity index is 68.2. The van der Waals surface area contributed by atoms with E-state index in [4.69, 9.17) is 0 Å². The van der Waals surface area contributed by atoms with Crippen molar-refractivity contribution >= 4 is 5.71 Å². The van der Waals surface area contributed by atoms with Crippen LogP contribution in [0.4, 0.5) is 0 Å². The Balaban J connectivity index is 0. The van der Waals surface area contributed by atoms with Crippen LogP contribution in [0.5, 0.6) is 0 Å².